The molecule has 0 radical (unpaired) electrons. The molecule has 11 heteroatoms. The van der Waals surface area contributed by atoms with Gasteiger partial charge >= 0.3 is 6.18 Å². The van der Waals surface area contributed by atoms with Crippen molar-refractivity contribution in [3.8, 4) is 17.5 Å². The summed E-state index contributed by atoms with van der Waals surface area (Å²) in [6.45, 7) is 2.51. The number of nitriles is 1. The summed E-state index contributed by atoms with van der Waals surface area (Å²) in [6, 6.07) is 4.22. The number of hydrogen-bond acceptors (Lipinski definition) is 5. The van der Waals surface area contributed by atoms with Crippen molar-refractivity contribution in [2.24, 2.45) is 0 Å². The molecule has 1 aliphatic carbocycles. The van der Waals surface area contributed by atoms with Crippen LogP contribution < -0.4 is 4.72 Å². The summed E-state index contributed by atoms with van der Waals surface area (Å²) in [5.41, 5.74) is 3.24. The van der Waals surface area contributed by atoms with Crippen molar-refractivity contribution in [3.63, 3.8) is 0 Å². The zero-order valence-electron chi connectivity index (χ0n) is 16.8. The first-order chi connectivity index (χ1) is 15.0. The number of pyridine rings is 2. The summed E-state index contributed by atoms with van der Waals surface area (Å²) in [5.74, 6) is 0. The maximum Gasteiger partial charge on any atom is 0.404 e. The number of fused-ring (bicyclic) bond motifs is 1. The lowest BCUT2D eigenvalue weighted by atomic mass is 10.1. The first kappa shape index (κ1) is 21.7. The molecule has 0 amide bonds. The molecule has 1 atom stereocenters. The average molecular weight is 459 g/mol. The second-order valence-electron chi connectivity index (χ2n) is 7.23. The van der Waals surface area contributed by atoms with Crippen molar-refractivity contribution in [2.75, 3.05) is 0 Å². The second-order valence-corrected chi connectivity index (χ2v) is 8.94. The van der Waals surface area contributed by atoms with Gasteiger partial charge in [0, 0.05) is 23.0 Å². The van der Waals surface area contributed by atoms with Crippen LogP contribution in [0.25, 0.3) is 28.0 Å². The van der Waals surface area contributed by atoms with Gasteiger partial charge in [-0.2, -0.15) is 23.2 Å². The lowest BCUT2D eigenvalue weighted by molar-refractivity contribution is -0.147. The van der Waals surface area contributed by atoms with Crippen LogP contribution in [0, 0.1) is 18.3 Å². The highest BCUT2D eigenvalue weighted by atomic mass is 32.2. The van der Waals surface area contributed by atoms with Crippen LogP contribution >= 0.6 is 0 Å². The van der Waals surface area contributed by atoms with Crippen molar-refractivity contribution >= 4 is 26.6 Å². The van der Waals surface area contributed by atoms with Crippen LogP contribution in [0.2, 0.25) is 0 Å². The SMILES string of the molecule is Cc1cc2c(C#N)c(-c3ccc(S(=O)(=O)N[C@H](C)C(F)(F)F)cn3)n(C3=CC=C3)c2cn1. The van der Waals surface area contributed by atoms with E-state index in [-0.39, 0.29) is 0 Å². The van der Waals surface area contributed by atoms with Gasteiger partial charge in [-0.15, -0.1) is 0 Å². The molecule has 1 aliphatic rings. The Bertz CT molecular complexity index is 1430. The first-order valence-corrected chi connectivity index (χ1v) is 10.9. The Balaban J connectivity index is 1.82. The third-order valence-electron chi connectivity index (χ3n) is 5.01. The van der Waals surface area contributed by atoms with Crippen LogP contribution in [0.4, 0.5) is 13.2 Å². The van der Waals surface area contributed by atoms with Gasteiger partial charge in [-0.3, -0.25) is 9.97 Å². The quantitative estimate of drug-likeness (QED) is 0.623. The van der Waals surface area contributed by atoms with E-state index in [0.29, 0.717) is 34.8 Å². The molecule has 0 bridgehead atoms. The lowest BCUT2D eigenvalue weighted by Gasteiger charge is -2.17. The van der Waals surface area contributed by atoms with Crippen LogP contribution in [-0.4, -0.2) is 35.2 Å². The number of hydrogen-bond donors (Lipinski definition) is 1. The second kappa shape index (κ2) is 7.58. The molecule has 0 saturated heterocycles. The molecular weight excluding hydrogens is 443 g/mol. The number of sulfonamides is 1. The summed E-state index contributed by atoms with van der Waals surface area (Å²) in [7, 11) is -4.44. The predicted octanol–water partition coefficient (Wildman–Crippen LogP) is 3.92. The molecule has 3 heterocycles. The Morgan fingerprint density at radius 3 is 2.47 bits per heavy atom. The van der Waals surface area contributed by atoms with E-state index in [4.69, 9.17) is 0 Å². The first-order valence-electron chi connectivity index (χ1n) is 9.38. The van der Waals surface area contributed by atoms with Gasteiger partial charge in [-0.25, -0.2) is 8.42 Å². The van der Waals surface area contributed by atoms with Crippen LogP contribution in [0.15, 0.2) is 53.7 Å². The number of nitrogens with zero attached hydrogens (tertiary/aromatic N) is 4. The Kier molecular flexibility index (Phi) is 5.15. The summed E-state index contributed by atoms with van der Waals surface area (Å²) in [5, 5.41) is 10.5. The molecule has 0 unspecified atom stereocenters. The van der Waals surface area contributed by atoms with Gasteiger partial charge in [-0.1, -0.05) is 6.08 Å². The zero-order valence-corrected chi connectivity index (χ0v) is 17.7. The van der Waals surface area contributed by atoms with Crippen molar-refractivity contribution in [2.45, 2.75) is 31.0 Å². The minimum Gasteiger partial charge on any atom is -0.305 e. The van der Waals surface area contributed by atoms with E-state index < -0.39 is 27.1 Å². The smallest absolute Gasteiger partial charge is 0.305 e. The highest BCUT2D eigenvalue weighted by Gasteiger charge is 2.39. The number of rotatable bonds is 5. The Morgan fingerprint density at radius 2 is 1.94 bits per heavy atom. The van der Waals surface area contributed by atoms with Gasteiger partial charge in [0.2, 0.25) is 10.0 Å². The van der Waals surface area contributed by atoms with Gasteiger partial charge in [0.05, 0.1) is 28.7 Å². The average Bonchev–Trinajstić information content (AvgIpc) is 2.99. The molecule has 0 aliphatic heterocycles. The monoisotopic (exact) mass is 459 g/mol. The highest BCUT2D eigenvalue weighted by molar-refractivity contribution is 7.89. The van der Waals surface area contributed by atoms with Gasteiger partial charge in [-0.05, 0) is 44.2 Å². The van der Waals surface area contributed by atoms with Crippen molar-refractivity contribution in [3.05, 3.63) is 60.1 Å². The standard InChI is InChI=1S/C21H16F3N5O2S/c1-12-8-16-17(9-25)20(29(14-4-3-5-14)19(16)11-26-12)18-7-6-15(10-27-18)32(30,31)28-13(2)21(22,23)24/h3-8,10-11,13,28H,1-2H3/t13-/m1/s1. The molecule has 1 N–H and O–H groups in total. The normalized spacial score (nSPS) is 14.7. The number of halogens is 3. The Labute approximate surface area is 181 Å². The third-order valence-corrected chi connectivity index (χ3v) is 6.53. The number of aryl methyl sites for hydroxylation is 1. The van der Waals surface area contributed by atoms with Gasteiger partial charge in [0.25, 0.3) is 0 Å². The largest absolute Gasteiger partial charge is 0.404 e. The molecule has 0 aromatic carbocycles. The lowest BCUT2D eigenvalue weighted by Crippen LogP contribution is -2.42. The summed E-state index contributed by atoms with van der Waals surface area (Å²) in [6.07, 6.45) is 3.40. The van der Waals surface area contributed by atoms with E-state index in [1.165, 1.54) is 6.07 Å². The Hall–Kier alpha value is -3.49. The van der Waals surface area contributed by atoms with Crippen LogP contribution in [-0.2, 0) is 10.0 Å². The maximum absolute atomic E-state index is 12.8. The molecule has 0 saturated carbocycles. The maximum atomic E-state index is 12.8. The number of nitrogens with one attached hydrogen (secondary N) is 1. The molecule has 164 valence electrons. The molecule has 3 aromatic heterocycles. The van der Waals surface area contributed by atoms with E-state index in [1.54, 1.807) is 28.5 Å². The van der Waals surface area contributed by atoms with Crippen molar-refractivity contribution in [1.29, 1.82) is 5.26 Å². The van der Waals surface area contributed by atoms with E-state index >= 15 is 0 Å². The van der Waals surface area contributed by atoms with E-state index in [0.717, 1.165) is 23.7 Å². The minimum atomic E-state index is -4.72. The highest BCUT2D eigenvalue weighted by Crippen LogP contribution is 2.37. The van der Waals surface area contributed by atoms with Gasteiger partial charge in [0.15, 0.2) is 0 Å². The van der Waals surface area contributed by atoms with Gasteiger partial charge < -0.3 is 4.57 Å². The molecular formula is C21H16F3N5O2S. The zero-order chi connectivity index (χ0) is 23.3. The summed E-state index contributed by atoms with van der Waals surface area (Å²) >= 11 is 0. The number of aromatic nitrogens is 3. The molecule has 0 spiro atoms. The van der Waals surface area contributed by atoms with Gasteiger partial charge in [0.1, 0.15) is 17.0 Å². The van der Waals surface area contributed by atoms with Crippen molar-refractivity contribution in [1.82, 2.24) is 19.3 Å². The van der Waals surface area contributed by atoms with Crippen LogP contribution in [0.1, 0.15) is 18.2 Å². The molecule has 32 heavy (non-hydrogen) atoms. The molecule has 4 rings (SSSR count). The van der Waals surface area contributed by atoms with Crippen LogP contribution in [0.5, 0.6) is 0 Å². The molecule has 3 aromatic rings. The topological polar surface area (TPSA) is 101 Å². The predicted molar refractivity (Wildman–Crippen MR) is 112 cm³/mol. The van der Waals surface area contributed by atoms with Crippen LogP contribution in [0.3, 0.4) is 0 Å². The van der Waals surface area contributed by atoms with E-state index in [9.17, 15) is 26.9 Å². The summed E-state index contributed by atoms with van der Waals surface area (Å²) in [4.78, 5) is 8.05. The van der Waals surface area contributed by atoms with E-state index in [2.05, 4.69) is 16.0 Å². The molecule has 0 fully saturated rings. The fraction of sp³-hybridized carbons (Fsp3) is 0.190. The van der Waals surface area contributed by atoms with E-state index in [1.807, 2.05) is 18.2 Å². The molecule has 7 nitrogen and oxygen atoms in total. The minimum absolute atomic E-state index is 0.291. The summed E-state index contributed by atoms with van der Waals surface area (Å²) < 4.78 is 66.3. The fourth-order valence-electron chi connectivity index (χ4n) is 3.29. The fourth-order valence-corrected chi connectivity index (χ4v) is 4.47. The third kappa shape index (κ3) is 3.68. The number of allylic oxidation sites excluding steroid dienone is 4. The van der Waals surface area contributed by atoms with Crippen molar-refractivity contribution < 1.29 is 21.6 Å². The Morgan fingerprint density at radius 1 is 1.22 bits per heavy atom. The number of alkyl halides is 3.